The van der Waals surface area contributed by atoms with E-state index in [0.717, 1.165) is 10.6 Å². The van der Waals surface area contributed by atoms with Gasteiger partial charge in [-0.15, -0.1) is 0 Å². The number of fused-ring (bicyclic) bond motifs is 1. The zero-order valence-corrected chi connectivity index (χ0v) is 13.9. The molecule has 4 N–H and O–H groups in total. The molecular weight excluding hydrogens is 340 g/mol. The van der Waals surface area contributed by atoms with Gasteiger partial charge in [0.1, 0.15) is 5.82 Å². The van der Waals surface area contributed by atoms with Crippen molar-refractivity contribution in [3.63, 3.8) is 0 Å². The summed E-state index contributed by atoms with van der Waals surface area (Å²) in [6.45, 7) is 0.767. The van der Waals surface area contributed by atoms with Gasteiger partial charge in [0.15, 0.2) is 0 Å². The molecule has 0 unspecified atom stereocenters. The molecule has 3 amide bonds. The zero-order valence-electron chi connectivity index (χ0n) is 13.9. The van der Waals surface area contributed by atoms with Gasteiger partial charge in [-0.2, -0.15) is 0 Å². The number of hydrogen-bond donors (Lipinski definition) is 3. The summed E-state index contributed by atoms with van der Waals surface area (Å²) in [6.07, 6.45) is 0. The highest BCUT2D eigenvalue weighted by Gasteiger charge is 2.31. The molecule has 2 heterocycles. The van der Waals surface area contributed by atoms with Gasteiger partial charge in [0.25, 0.3) is 23.3 Å². The first kappa shape index (κ1) is 17.4. The highest BCUT2D eigenvalue weighted by atomic mass is 16.5. The molecule has 9 heteroatoms. The van der Waals surface area contributed by atoms with E-state index < -0.39 is 17.4 Å². The van der Waals surface area contributed by atoms with Gasteiger partial charge in [-0.25, -0.2) is 0 Å². The van der Waals surface area contributed by atoms with E-state index in [9.17, 15) is 19.2 Å². The lowest BCUT2D eigenvalue weighted by Crippen LogP contribution is -2.27. The van der Waals surface area contributed by atoms with Crippen LogP contribution in [0.15, 0.2) is 35.1 Å². The van der Waals surface area contributed by atoms with Crippen LogP contribution in [-0.2, 0) is 4.74 Å². The molecule has 1 aromatic heterocycles. The second kappa shape index (κ2) is 6.81. The molecule has 26 heavy (non-hydrogen) atoms. The highest BCUT2D eigenvalue weighted by molar-refractivity contribution is 6.23. The quantitative estimate of drug-likeness (QED) is 0.497. The fraction of sp³-hybridized carbons (Fsp3) is 0.176. The van der Waals surface area contributed by atoms with Crippen molar-refractivity contribution < 1.29 is 19.1 Å². The third-order valence-corrected chi connectivity index (χ3v) is 3.93. The van der Waals surface area contributed by atoms with Gasteiger partial charge in [0.05, 0.1) is 23.4 Å². The second-order valence-electron chi connectivity index (χ2n) is 5.57. The van der Waals surface area contributed by atoms with Crippen LogP contribution in [0.1, 0.15) is 31.1 Å². The van der Waals surface area contributed by atoms with Crippen LogP contribution in [0, 0.1) is 0 Å². The number of methoxy groups -OCH3 is 1. The molecule has 0 spiro atoms. The minimum absolute atomic E-state index is 0.0315. The maximum Gasteiger partial charge on any atom is 0.262 e. The fourth-order valence-corrected chi connectivity index (χ4v) is 2.68. The van der Waals surface area contributed by atoms with Crippen molar-refractivity contribution in [1.29, 1.82) is 0 Å². The summed E-state index contributed by atoms with van der Waals surface area (Å²) in [5.41, 5.74) is 6.10. The fourth-order valence-electron chi connectivity index (χ4n) is 2.68. The predicted molar refractivity (Wildman–Crippen MR) is 92.5 cm³/mol. The summed E-state index contributed by atoms with van der Waals surface area (Å²) in [5, 5.41) is 4.78. The molecule has 9 nitrogen and oxygen atoms in total. The first-order valence-electron chi connectivity index (χ1n) is 7.73. The average molecular weight is 356 g/mol. The zero-order chi connectivity index (χ0) is 18.8. The molecule has 0 aliphatic carbocycles. The Morgan fingerprint density at radius 3 is 2.54 bits per heavy atom. The van der Waals surface area contributed by atoms with E-state index in [1.807, 2.05) is 0 Å². The Hall–Kier alpha value is -3.46. The van der Waals surface area contributed by atoms with Crippen LogP contribution >= 0.6 is 0 Å². The monoisotopic (exact) mass is 356 g/mol. The van der Waals surface area contributed by atoms with Gasteiger partial charge in [0, 0.05) is 25.3 Å². The number of rotatable bonds is 5. The molecule has 1 aliphatic rings. The molecule has 2 aromatic rings. The van der Waals surface area contributed by atoms with E-state index in [0.29, 0.717) is 24.4 Å². The number of nitrogen functional groups attached to an aromatic ring is 1. The lowest BCUT2D eigenvalue weighted by Gasteiger charge is -2.12. The number of carbonyl (C=O) groups excluding carboxylic acids is 3. The second-order valence-corrected chi connectivity index (χ2v) is 5.57. The van der Waals surface area contributed by atoms with Crippen molar-refractivity contribution in [1.82, 2.24) is 15.2 Å². The number of ether oxygens (including phenoxy) is 1. The molecule has 0 saturated heterocycles. The Balaban J connectivity index is 1.95. The van der Waals surface area contributed by atoms with E-state index in [4.69, 9.17) is 10.5 Å². The number of aromatic nitrogens is 1. The van der Waals surface area contributed by atoms with Crippen LogP contribution in [0.3, 0.4) is 0 Å². The molecular formula is C17H16N4O5. The SMILES string of the molecule is COCCNC(=O)c1ccc(-n2c(N)c3c(cc2=O)C(=O)NC3=O)cc1. The Morgan fingerprint density at radius 2 is 1.88 bits per heavy atom. The summed E-state index contributed by atoms with van der Waals surface area (Å²) < 4.78 is 5.98. The number of nitrogens with one attached hydrogen (secondary N) is 2. The topological polar surface area (TPSA) is 133 Å². The largest absolute Gasteiger partial charge is 0.384 e. The van der Waals surface area contributed by atoms with E-state index in [2.05, 4.69) is 10.6 Å². The first-order chi connectivity index (χ1) is 12.4. The lowest BCUT2D eigenvalue weighted by molar-refractivity contribution is 0.0878. The standard InChI is InChI=1S/C17H16N4O5/c1-26-7-6-19-15(23)9-2-4-10(5-3-9)21-12(22)8-11-13(14(21)18)17(25)20-16(11)24/h2-5,8H,6-7,18H2,1H3,(H,19,23)(H,20,24,25). The molecule has 0 fully saturated rings. The van der Waals surface area contributed by atoms with Gasteiger partial charge in [-0.1, -0.05) is 0 Å². The molecule has 0 saturated carbocycles. The minimum atomic E-state index is -0.649. The number of anilines is 1. The highest BCUT2D eigenvalue weighted by Crippen LogP contribution is 2.22. The third-order valence-electron chi connectivity index (χ3n) is 3.93. The van der Waals surface area contributed by atoms with Crippen molar-refractivity contribution in [3.8, 4) is 5.69 Å². The molecule has 134 valence electrons. The third kappa shape index (κ3) is 2.95. The summed E-state index contributed by atoms with van der Waals surface area (Å²) in [6, 6.07) is 7.19. The number of benzene rings is 1. The van der Waals surface area contributed by atoms with Crippen LogP contribution in [0.25, 0.3) is 5.69 Å². The number of carbonyl (C=O) groups is 3. The van der Waals surface area contributed by atoms with Gasteiger partial charge in [-0.05, 0) is 24.3 Å². The summed E-state index contributed by atoms with van der Waals surface area (Å²) >= 11 is 0. The predicted octanol–water partition coefficient (Wildman–Crippen LogP) is -0.320. The summed E-state index contributed by atoms with van der Waals surface area (Å²) in [5.74, 6) is -1.71. The van der Waals surface area contributed by atoms with Gasteiger partial charge >= 0.3 is 0 Å². The van der Waals surface area contributed by atoms with Crippen molar-refractivity contribution in [2.45, 2.75) is 0 Å². The number of pyridine rings is 1. The minimum Gasteiger partial charge on any atom is -0.384 e. The number of nitrogens with two attached hydrogens (primary N) is 1. The maximum atomic E-state index is 12.3. The van der Waals surface area contributed by atoms with Crippen LogP contribution in [-0.4, -0.2) is 42.6 Å². The molecule has 1 aliphatic heterocycles. The van der Waals surface area contributed by atoms with E-state index in [-0.39, 0.29) is 22.9 Å². The number of nitrogens with zero attached hydrogens (tertiary/aromatic N) is 1. The van der Waals surface area contributed by atoms with Gasteiger partial charge in [0.2, 0.25) is 0 Å². The lowest BCUT2D eigenvalue weighted by atomic mass is 10.1. The Kier molecular flexibility index (Phi) is 4.55. The van der Waals surface area contributed by atoms with Crippen molar-refractivity contribution in [3.05, 3.63) is 57.4 Å². The molecule has 1 aromatic carbocycles. The summed E-state index contributed by atoms with van der Waals surface area (Å²) in [7, 11) is 1.54. The van der Waals surface area contributed by atoms with Gasteiger partial charge < -0.3 is 15.8 Å². The Morgan fingerprint density at radius 1 is 1.19 bits per heavy atom. The molecule has 0 bridgehead atoms. The van der Waals surface area contributed by atoms with E-state index in [1.165, 1.54) is 31.4 Å². The molecule has 0 atom stereocenters. The van der Waals surface area contributed by atoms with Crippen LogP contribution in [0.4, 0.5) is 5.82 Å². The number of hydrogen-bond acceptors (Lipinski definition) is 6. The van der Waals surface area contributed by atoms with Crippen molar-refractivity contribution in [2.75, 3.05) is 26.0 Å². The van der Waals surface area contributed by atoms with Crippen LogP contribution < -0.4 is 21.9 Å². The smallest absolute Gasteiger partial charge is 0.262 e. The molecule has 3 rings (SSSR count). The summed E-state index contributed by atoms with van der Waals surface area (Å²) in [4.78, 5) is 47.9. The molecule has 0 radical (unpaired) electrons. The average Bonchev–Trinajstić information content (AvgIpc) is 2.89. The maximum absolute atomic E-state index is 12.3. The van der Waals surface area contributed by atoms with Crippen LogP contribution in [0.2, 0.25) is 0 Å². The first-order valence-corrected chi connectivity index (χ1v) is 7.73. The normalized spacial score (nSPS) is 12.7. The van der Waals surface area contributed by atoms with E-state index >= 15 is 0 Å². The van der Waals surface area contributed by atoms with Gasteiger partial charge in [-0.3, -0.25) is 29.1 Å². The Labute approximate surface area is 147 Å². The number of amides is 3. The Bertz CT molecular complexity index is 962. The van der Waals surface area contributed by atoms with Crippen molar-refractivity contribution in [2.24, 2.45) is 0 Å². The van der Waals surface area contributed by atoms with Crippen LogP contribution in [0.5, 0.6) is 0 Å². The van der Waals surface area contributed by atoms with Crippen molar-refractivity contribution >= 4 is 23.5 Å². The number of imide groups is 1. The van der Waals surface area contributed by atoms with E-state index in [1.54, 1.807) is 0 Å².